The molecule has 0 aromatic heterocycles. The van der Waals surface area contributed by atoms with Crippen LogP contribution < -0.4 is 0 Å². The molecule has 4 atom stereocenters. The maximum absolute atomic E-state index is 11.2. The van der Waals surface area contributed by atoms with Crippen LogP contribution in [-0.2, 0) is 9.53 Å². The second-order valence-corrected chi connectivity index (χ2v) is 5.14. The Hall–Kier alpha value is -0.220. The van der Waals surface area contributed by atoms with E-state index in [2.05, 4.69) is 0 Å². The Morgan fingerprint density at radius 1 is 1.62 bits per heavy atom. The van der Waals surface area contributed by atoms with Crippen LogP contribution in [0.4, 0.5) is 0 Å². The minimum Gasteiger partial charge on any atom is -0.462 e. The largest absolute Gasteiger partial charge is 0.462 e. The van der Waals surface area contributed by atoms with Gasteiger partial charge >= 0.3 is 5.97 Å². The first-order valence-electron chi connectivity index (χ1n) is 4.54. The molecule has 1 rings (SSSR count). The van der Waals surface area contributed by atoms with Gasteiger partial charge in [-0.3, -0.25) is 4.79 Å². The van der Waals surface area contributed by atoms with Crippen LogP contribution in [-0.4, -0.2) is 33.8 Å². The molecule has 1 saturated heterocycles. The van der Waals surface area contributed by atoms with Crippen LogP contribution in [0.1, 0.15) is 27.2 Å². The lowest BCUT2D eigenvalue weighted by Gasteiger charge is -2.16. The van der Waals surface area contributed by atoms with Crippen molar-refractivity contribution in [1.82, 2.24) is 0 Å². The van der Waals surface area contributed by atoms with Crippen molar-refractivity contribution in [2.45, 2.75) is 49.9 Å². The molecule has 13 heavy (non-hydrogen) atoms. The average Bonchev–Trinajstić information content (AvgIpc) is 2.30. The summed E-state index contributed by atoms with van der Waals surface area (Å²) in [6.45, 7) is 5.55. The lowest BCUT2D eigenvalue weighted by Crippen LogP contribution is -2.21. The van der Waals surface area contributed by atoms with Crippen molar-refractivity contribution < 1.29 is 14.6 Å². The van der Waals surface area contributed by atoms with Crippen LogP contribution >= 0.6 is 11.8 Å². The molecule has 0 amide bonds. The molecule has 0 radical (unpaired) electrons. The number of hydrogen-bond donors (Lipinski definition) is 1. The van der Waals surface area contributed by atoms with Gasteiger partial charge < -0.3 is 9.84 Å². The third kappa shape index (κ3) is 2.88. The van der Waals surface area contributed by atoms with Gasteiger partial charge in [-0.25, -0.2) is 0 Å². The molecule has 0 spiro atoms. The normalized spacial score (nSPS) is 32.8. The Labute approximate surface area is 82.8 Å². The zero-order valence-corrected chi connectivity index (χ0v) is 9.00. The van der Waals surface area contributed by atoms with E-state index < -0.39 is 0 Å². The van der Waals surface area contributed by atoms with E-state index in [9.17, 15) is 9.90 Å². The quantitative estimate of drug-likeness (QED) is 0.702. The van der Waals surface area contributed by atoms with Gasteiger partial charge in [-0.2, -0.15) is 0 Å². The minimum atomic E-state index is -0.381. The second kappa shape index (κ2) is 4.33. The van der Waals surface area contributed by atoms with Gasteiger partial charge in [-0.1, -0.05) is 6.92 Å². The Morgan fingerprint density at radius 3 is 2.62 bits per heavy atom. The number of rotatable bonds is 3. The zero-order chi connectivity index (χ0) is 10.0. The van der Waals surface area contributed by atoms with Crippen LogP contribution in [0.15, 0.2) is 0 Å². The second-order valence-electron chi connectivity index (χ2n) is 3.55. The molecule has 1 fully saturated rings. The number of aliphatic hydroxyl groups is 1. The monoisotopic (exact) mass is 204 g/mol. The van der Waals surface area contributed by atoms with Gasteiger partial charge in [0.1, 0.15) is 11.4 Å². The predicted molar refractivity (Wildman–Crippen MR) is 52.7 cm³/mol. The molecule has 1 heterocycles. The number of carbonyl (C=O) groups is 1. The number of cyclic esters (lactones) is 1. The highest BCUT2D eigenvalue weighted by atomic mass is 32.2. The van der Waals surface area contributed by atoms with E-state index in [0.29, 0.717) is 0 Å². The molecule has 3 nitrogen and oxygen atoms in total. The number of aliphatic hydroxyl groups excluding tert-OH is 1. The third-order valence-electron chi connectivity index (χ3n) is 2.18. The maximum atomic E-state index is 11.2. The van der Waals surface area contributed by atoms with Crippen LogP contribution in [0.3, 0.4) is 0 Å². The van der Waals surface area contributed by atoms with Crippen molar-refractivity contribution in [2.24, 2.45) is 0 Å². The van der Waals surface area contributed by atoms with Crippen LogP contribution in [0.25, 0.3) is 0 Å². The summed E-state index contributed by atoms with van der Waals surface area (Å²) in [7, 11) is 0. The molecular weight excluding hydrogens is 188 g/mol. The molecule has 0 unspecified atom stereocenters. The summed E-state index contributed by atoms with van der Waals surface area (Å²) < 4.78 is 5.01. The summed E-state index contributed by atoms with van der Waals surface area (Å²) >= 11 is 1.50. The molecule has 1 aliphatic rings. The van der Waals surface area contributed by atoms with E-state index in [1.807, 2.05) is 13.8 Å². The standard InChI is InChI=1S/C9H16O3S/c1-5-4-8(9(11)12-5)13-7(3)6(2)10/h5-8,10H,4H2,1-3H3/t5-,6-,7+,8+/m1/s1. The van der Waals surface area contributed by atoms with E-state index in [-0.39, 0.29) is 28.7 Å². The van der Waals surface area contributed by atoms with Crippen molar-refractivity contribution in [3.05, 3.63) is 0 Å². The number of ether oxygens (including phenoxy) is 1. The Balaban J connectivity index is 2.41. The first kappa shape index (κ1) is 10.9. The van der Waals surface area contributed by atoms with Gasteiger partial charge in [0.25, 0.3) is 0 Å². The van der Waals surface area contributed by atoms with Gasteiger partial charge in [-0.05, 0) is 13.8 Å². The van der Waals surface area contributed by atoms with Crippen molar-refractivity contribution in [2.75, 3.05) is 0 Å². The molecule has 76 valence electrons. The highest BCUT2D eigenvalue weighted by Crippen LogP contribution is 2.30. The van der Waals surface area contributed by atoms with E-state index >= 15 is 0 Å². The van der Waals surface area contributed by atoms with E-state index in [4.69, 9.17) is 4.74 Å². The fourth-order valence-electron chi connectivity index (χ4n) is 1.20. The van der Waals surface area contributed by atoms with E-state index in [1.165, 1.54) is 11.8 Å². The topological polar surface area (TPSA) is 46.5 Å². The number of carbonyl (C=O) groups excluding carboxylic acids is 1. The van der Waals surface area contributed by atoms with Gasteiger partial charge in [0.05, 0.1) is 6.10 Å². The maximum Gasteiger partial charge on any atom is 0.319 e. The van der Waals surface area contributed by atoms with Crippen molar-refractivity contribution in [3.63, 3.8) is 0 Å². The predicted octanol–water partition coefficient (Wildman–Crippen LogP) is 1.19. The van der Waals surface area contributed by atoms with Crippen LogP contribution in [0, 0.1) is 0 Å². The van der Waals surface area contributed by atoms with Crippen molar-refractivity contribution in [3.8, 4) is 0 Å². The smallest absolute Gasteiger partial charge is 0.319 e. The fraction of sp³-hybridized carbons (Fsp3) is 0.889. The minimum absolute atomic E-state index is 0.0335. The Bertz CT molecular complexity index is 193. The van der Waals surface area contributed by atoms with Gasteiger partial charge in [-0.15, -0.1) is 11.8 Å². The fourth-order valence-corrected chi connectivity index (χ4v) is 2.50. The summed E-state index contributed by atoms with van der Waals surface area (Å²) in [6, 6.07) is 0. The molecule has 0 aromatic rings. The van der Waals surface area contributed by atoms with Gasteiger partial charge in [0, 0.05) is 11.7 Å². The first-order chi connectivity index (χ1) is 6.00. The highest BCUT2D eigenvalue weighted by molar-refractivity contribution is 8.01. The SMILES string of the molecule is C[C@@H]1C[C@H](S[C@@H](C)[C@@H](C)O)C(=O)O1. The molecule has 0 aromatic carbocycles. The summed E-state index contributed by atoms with van der Waals surface area (Å²) in [4.78, 5) is 11.2. The molecule has 0 bridgehead atoms. The summed E-state index contributed by atoms with van der Waals surface area (Å²) in [5.74, 6) is -0.134. The highest BCUT2D eigenvalue weighted by Gasteiger charge is 2.34. The van der Waals surface area contributed by atoms with E-state index in [0.717, 1.165) is 6.42 Å². The number of esters is 1. The van der Waals surface area contributed by atoms with Crippen LogP contribution in [0.5, 0.6) is 0 Å². The summed E-state index contributed by atoms with van der Waals surface area (Å²) in [5.41, 5.74) is 0. The van der Waals surface area contributed by atoms with Crippen LogP contribution in [0.2, 0.25) is 0 Å². The average molecular weight is 204 g/mol. The number of hydrogen-bond acceptors (Lipinski definition) is 4. The van der Waals surface area contributed by atoms with Crippen molar-refractivity contribution >= 4 is 17.7 Å². The lowest BCUT2D eigenvalue weighted by atomic mass is 10.2. The first-order valence-corrected chi connectivity index (χ1v) is 5.49. The third-order valence-corrected chi connectivity index (χ3v) is 3.72. The molecule has 0 saturated carbocycles. The molecule has 1 aliphatic heterocycles. The van der Waals surface area contributed by atoms with Crippen molar-refractivity contribution in [1.29, 1.82) is 0 Å². The molecule has 4 heteroatoms. The molecular formula is C9H16O3S. The summed E-state index contributed by atoms with van der Waals surface area (Å²) in [5, 5.41) is 9.26. The lowest BCUT2D eigenvalue weighted by molar-refractivity contribution is -0.140. The summed E-state index contributed by atoms with van der Waals surface area (Å²) in [6.07, 6.45) is 0.417. The zero-order valence-electron chi connectivity index (χ0n) is 8.19. The molecule has 1 N–H and O–H groups in total. The Morgan fingerprint density at radius 2 is 2.23 bits per heavy atom. The molecule has 0 aliphatic carbocycles. The van der Waals surface area contributed by atoms with Gasteiger partial charge in [0.15, 0.2) is 0 Å². The van der Waals surface area contributed by atoms with E-state index in [1.54, 1.807) is 6.92 Å². The van der Waals surface area contributed by atoms with Gasteiger partial charge in [0.2, 0.25) is 0 Å². The Kier molecular flexibility index (Phi) is 3.62. The number of thioether (sulfide) groups is 1.